The maximum Gasteiger partial charge on any atom is 0.332 e. The molecule has 0 saturated heterocycles. The van der Waals surface area contributed by atoms with E-state index >= 15 is 0 Å². The predicted molar refractivity (Wildman–Crippen MR) is 70.8 cm³/mol. The number of rotatable bonds is 5. The van der Waals surface area contributed by atoms with Crippen molar-refractivity contribution in [3.05, 3.63) is 0 Å². The second-order valence-corrected chi connectivity index (χ2v) is 5.42. The van der Waals surface area contributed by atoms with E-state index in [-0.39, 0.29) is 25.0 Å². The number of carbonyl (C=O) groups is 2. The van der Waals surface area contributed by atoms with Gasteiger partial charge < -0.3 is 20.8 Å². The summed E-state index contributed by atoms with van der Waals surface area (Å²) in [5.74, 6) is -0.214. The van der Waals surface area contributed by atoms with Gasteiger partial charge >= 0.3 is 12.0 Å². The molecule has 4 N–H and O–H groups in total. The Morgan fingerprint density at radius 1 is 1.32 bits per heavy atom. The zero-order valence-electron chi connectivity index (χ0n) is 11.6. The second kappa shape index (κ2) is 7.33. The molecule has 1 aliphatic carbocycles. The molecular weight excluding hydrogens is 248 g/mol. The van der Waals surface area contributed by atoms with Crippen molar-refractivity contribution >= 4 is 12.0 Å². The molecule has 0 aromatic rings. The molecule has 1 aliphatic rings. The lowest BCUT2D eigenvalue weighted by molar-refractivity contribution is -0.146. The summed E-state index contributed by atoms with van der Waals surface area (Å²) in [5, 5.41) is 23.1. The van der Waals surface area contributed by atoms with Crippen LogP contribution in [0.5, 0.6) is 0 Å². The Bertz CT molecular complexity index is 322. The Hall–Kier alpha value is -1.30. The fraction of sp³-hybridized carbons (Fsp3) is 0.846. The summed E-state index contributed by atoms with van der Waals surface area (Å²) < 4.78 is 0. The van der Waals surface area contributed by atoms with Crippen molar-refractivity contribution in [2.75, 3.05) is 6.54 Å². The van der Waals surface area contributed by atoms with Crippen LogP contribution < -0.4 is 10.6 Å². The summed E-state index contributed by atoms with van der Waals surface area (Å²) in [7, 11) is 0. The van der Waals surface area contributed by atoms with E-state index in [1.807, 2.05) is 0 Å². The maximum absolute atomic E-state index is 11.7. The highest BCUT2D eigenvalue weighted by Gasteiger charge is 2.28. The zero-order chi connectivity index (χ0) is 14.4. The predicted octanol–water partition coefficient (Wildman–Crippen LogP) is 0.946. The summed E-state index contributed by atoms with van der Waals surface area (Å²) in [6.07, 6.45) is 1.89. The third-order valence-electron chi connectivity index (χ3n) is 4.01. The van der Waals surface area contributed by atoms with Crippen molar-refractivity contribution in [2.45, 2.75) is 51.7 Å². The molecule has 0 aromatic carbocycles. The average Bonchev–Trinajstić information content (AvgIpc) is 2.34. The highest BCUT2D eigenvalue weighted by molar-refractivity contribution is 5.74. The van der Waals surface area contributed by atoms with Crippen LogP contribution in [0.3, 0.4) is 0 Å². The van der Waals surface area contributed by atoms with Crippen molar-refractivity contribution in [1.29, 1.82) is 0 Å². The fourth-order valence-corrected chi connectivity index (χ4v) is 2.45. The molecule has 110 valence electrons. The number of carboxylic acid groups (broad SMARTS) is 1. The minimum absolute atomic E-state index is 0.0133. The smallest absolute Gasteiger partial charge is 0.332 e. The first kappa shape index (κ1) is 15.8. The number of nitrogens with one attached hydrogen (secondary N) is 2. The van der Waals surface area contributed by atoms with Crippen molar-refractivity contribution in [3.63, 3.8) is 0 Å². The van der Waals surface area contributed by atoms with Gasteiger partial charge in [0.1, 0.15) is 0 Å². The number of amides is 2. The minimum Gasteiger partial charge on any atom is -0.479 e. The monoisotopic (exact) mass is 272 g/mol. The summed E-state index contributed by atoms with van der Waals surface area (Å²) in [6, 6.07) is -0.114. The van der Waals surface area contributed by atoms with Gasteiger partial charge in [0, 0.05) is 19.0 Å². The number of aliphatic hydroxyl groups is 1. The number of aliphatic hydroxyl groups excluding tert-OH is 1. The van der Waals surface area contributed by atoms with Crippen LogP contribution in [0.1, 0.15) is 39.5 Å². The number of urea groups is 1. The van der Waals surface area contributed by atoms with Gasteiger partial charge in [-0.25, -0.2) is 9.59 Å². The number of carbonyl (C=O) groups excluding carboxylic acids is 1. The van der Waals surface area contributed by atoms with Crippen LogP contribution in [0, 0.1) is 11.8 Å². The van der Waals surface area contributed by atoms with Crippen LogP contribution in [0.4, 0.5) is 4.79 Å². The van der Waals surface area contributed by atoms with Gasteiger partial charge in [-0.2, -0.15) is 0 Å². The molecular formula is C13H24N2O4. The lowest BCUT2D eigenvalue weighted by atomic mass is 9.78. The molecule has 0 heterocycles. The summed E-state index contributed by atoms with van der Waals surface area (Å²) in [4.78, 5) is 22.1. The molecule has 1 fully saturated rings. The SMILES string of the molecule is CC1CCCC(NC(=O)NCCC(O)C(=O)O)C1C. The lowest BCUT2D eigenvalue weighted by Gasteiger charge is -2.34. The molecule has 0 aliphatic heterocycles. The molecule has 1 saturated carbocycles. The normalized spacial score (nSPS) is 28.5. The average molecular weight is 272 g/mol. The highest BCUT2D eigenvalue weighted by atomic mass is 16.4. The van der Waals surface area contributed by atoms with E-state index in [4.69, 9.17) is 10.2 Å². The van der Waals surface area contributed by atoms with Crippen molar-refractivity contribution < 1.29 is 19.8 Å². The first-order valence-electron chi connectivity index (χ1n) is 6.87. The molecule has 6 nitrogen and oxygen atoms in total. The Morgan fingerprint density at radius 3 is 2.63 bits per heavy atom. The minimum atomic E-state index is -1.42. The lowest BCUT2D eigenvalue weighted by Crippen LogP contribution is -2.48. The molecule has 6 heteroatoms. The Labute approximate surface area is 113 Å². The topological polar surface area (TPSA) is 98.7 Å². The third kappa shape index (κ3) is 5.06. The van der Waals surface area contributed by atoms with Gasteiger partial charge in [0.05, 0.1) is 0 Å². The van der Waals surface area contributed by atoms with Crippen LogP contribution >= 0.6 is 0 Å². The van der Waals surface area contributed by atoms with Gasteiger partial charge in [-0.05, 0) is 18.3 Å². The summed E-state index contributed by atoms with van der Waals surface area (Å²) in [6.45, 7) is 4.48. The molecule has 0 spiro atoms. The second-order valence-electron chi connectivity index (χ2n) is 5.42. The zero-order valence-corrected chi connectivity index (χ0v) is 11.6. The van der Waals surface area contributed by atoms with Crippen LogP contribution in [-0.2, 0) is 4.79 Å². The van der Waals surface area contributed by atoms with Crippen LogP contribution in [-0.4, -0.2) is 40.9 Å². The van der Waals surface area contributed by atoms with Gasteiger partial charge in [0.15, 0.2) is 6.10 Å². The quantitative estimate of drug-likeness (QED) is 0.598. The van der Waals surface area contributed by atoms with E-state index in [2.05, 4.69) is 24.5 Å². The molecule has 0 bridgehead atoms. The van der Waals surface area contributed by atoms with E-state index in [0.29, 0.717) is 11.8 Å². The van der Waals surface area contributed by atoms with Gasteiger partial charge in [-0.1, -0.05) is 26.7 Å². The number of hydrogen-bond donors (Lipinski definition) is 4. The molecule has 4 unspecified atom stereocenters. The molecule has 0 aromatic heterocycles. The number of hydrogen-bond acceptors (Lipinski definition) is 3. The van der Waals surface area contributed by atoms with Crippen molar-refractivity contribution in [2.24, 2.45) is 11.8 Å². The van der Waals surface area contributed by atoms with Crippen LogP contribution in [0.25, 0.3) is 0 Å². The molecule has 19 heavy (non-hydrogen) atoms. The van der Waals surface area contributed by atoms with Gasteiger partial charge in [-0.3, -0.25) is 0 Å². The van der Waals surface area contributed by atoms with E-state index in [9.17, 15) is 9.59 Å². The van der Waals surface area contributed by atoms with Gasteiger partial charge in [0.25, 0.3) is 0 Å². The molecule has 1 rings (SSSR count). The number of carboxylic acids is 1. The molecule has 0 radical (unpaired) electrons. The van der Waals surface area contributed by atoms with Gasteiger partial charge in [-0.15, -0.1) is 0 Å². The molecule has 4 atom stereocenters. The summed E-state index contributed by atoms with van der Waals surface area (Å²) >= 11 is 0. The largest absolute Gasteiger partial charge is 0.479 e. The fourth-order valence-electron chi connectivity index (χ4n) is 2.45. The first-order valence-corrected chi connectivity index (χ1v) is 6.87. The first-order chi connectivity index (χ1) is 8.91. The van der Waals surface area contributed by atoms with Crippen molar-refractivity contribution in [3.8, 4) is 0 Å². The van der Waals surface area contributed by atoms with Crippen LogP contribution in [0.15, 0.2) is 0 Å². The summed E-state index contributed by atoms with van der Waals surface area (Å²) in [5.41, 5.74) is 0. The van der Waals surface area contributed by atoms with Crippen molar-refractivity contribution in [1.82, 2.24) is 10.6 Å². The van der Waals surface area contributed by atoms with E-state index in [1.165, 1.54) is 6.42 Å². The van der Waals surface area contributed by atoms with Gasteiger partial charge in [0.2, 0.25) is 0 Å². The number of aliphatic carboxylic acids is 1. The highest BCUT2D eigenvalue weighted by Crippen LogP contribution is 2.29. The Kier molecular flexibility index (Phi) is 6.08. The maximum atomic E-state index is 11.7. The Morgan fingerprint density at radius 2 is 2.00 bits per heavy atom. The molecule has 2 amide bonds. The van der Waals surface area contributed by atoms with E-state index in [0.717, 1.165) is 12.8 Å². The third-order valence-corrected chi connectivity index (χ3v) is 4.01. The Balaban J connectivity index is 2.25. The standard InChI is InChI=1S/C13H24N2O4/c1-8-4-3-5-10(9(8)2)15-13(19)14-7-6-11(16)12(17)18/h8-11,16H,3-7H2,1-2H3,(H,17,18)(H2,14,15,19). The van der Waals surface area contributed by atoms with E-state index in [1.54, 1.807) is 0 Å². The van der Waals surface area contributed by atoms with E-state index < -0.39 is 12.1 Å². The van der Waals surface area contributed by atoms with Crippen LogP contribution in [0.2, 0.25) is 0 Å².